The molecule has 0 aliphatic heterocycles. The second-order valence-electron chi connectivity index (χ2n) is 12.0. The van der Waals surface area contributed by atoms with E-state index in [-0.39, 0.29) is 38.0 Å². The van der Waals surface area contributed by atoms with Crippen LogP contribution in [-0.2, 0) is 43.1 Å². The van der Waals surface area contributed by atoms with Crippen molar-refractivity contribution in [2.75, 3.05) is 0 Å². The largest absolute Gasteiger partial charge is 0.461 e. The van der Waals surface area contributed by atoms with Gasteiger partial charge in [0.15, 0.2) is 0 Å². The fourth-order valence-electron chi connectivity index (χ4n) is 7.19. The maximum Gasteiger partial charge on any atom is 0.306 e. The van der Waals surface area contributed by atoms with Crippen LogP contribution in [-0.4, -0.2) is 11.9 Å². The molecule has 0 saturated heterocycles. The molecule has 0 saturated carbocycles. The first-order valence-corrected chi connectivity index (χ1v) is 15.9. The van der Waals surface area contributed by atoms with E-state index in [9.17, 15) is 20.1 Å². The topological polar surface area (TPSA) is 100 Å². The van der Waals surface area contributed by atoms with Gasteiger partial charge in [-0.15, -0.1) is 24.7 Å². The van der Waals surface area contributed by atoms with E-state index in [0.717, 1.165) is 33.4 Å². The second-order valence-corrected chi connectivity index (χ2v) is 12.0. The quantitative estimate of drug-likeness (QED) is 0.0961. The molecule has 6 heteroatoms. The van der Waals surface area contributed by atoms with Crippen molar-refractivity contribution >= 4 is 11.9 Å². The summed E-state index contributed by atoms with van der Waals surface area (Å²) in [6.07, 6.45) is 13.2. The number of unbranched alkanes of at least 4 members (excludes halogenated alkanes) is 2. The molecule has 0 heterocycles. The molecule has 2 aliphatic carbocycles. The number of benzene rings is 4. The molecule has 0 radical (unpaired) electrons. The van der Waals surface area contributed by atoms with Gasteiger partial charge in [0.2, 0.25) is 0 Å². The molecule has 2 atom stereocenters. The van der Waals surface area contributed by atoms with Crippen LogP contribution in [0, 0.1) is 47.3 Å². The summed E-state index contributed by atoms with van der Waals surface area (Å²) in [4.78, 5) is 24.9. The lowest BCUT2D eigenvalue weighted by atomic mass is 9.55. The highest BCUT2D eigenvalue weighted by Crippen LogP contribution is 2.64. The van der Waals surface area contributed by atoms with Crippen LogP contribution in [0.15, 0.2) is 84.9 Å². The van der Waals surface area contributed by atoms with Gasteiger partial charge >= 0.3 is 11.9 Å². The molecule has 6 rings (SSSR count). The SMILES string of the molecule is C#CCCCC(=O)OCc1ccc2c(c1)C(C#N)(C1(C#N)c3ccccc3-c3ccc(COC(=O)CCCC#C)cc31)c1ccccc1-2. The molecule has 0 aromatic heterocycles. The molecule has 0 amide bonds. The van der Waals surface area contributed by atoms with E-state index in [1.54, 1.807) is 0 Å². The van der Waals surface area contributed by atoms with Crippen molar-refractivity contribution in [3.05, 3.63) is 118 Å². The van der Waals surface area contributed by atoms with E-state index in [1.807, 2.05) is 84.9 Å². The Labute approximate surface area is 280 Å². The summed E-state index contributed by atoms with van der Waals surface area (Å²) >= 11 is 0. The molecule has 0 fully saturated rings. The third kappa shape index (κ3) is 5.10. The maximum absolute atomic E-state index is 12.4. The predicted octanol–water partition coefficient (Wildman–Crippen LogP) is 7.66. The van der Waals surface area contributed by atoms with E-state index in [0.29, 0.717) is 47.9 Å². The average Bonchev–Trinajstić information content (AvgIpc) is 3.57. The van der Waals surface area contributed by atoms with Gasteiger partial charge in [-0.1, -0.05) is 72.8 Å². The molecule has 6 nitrogen and oxygen atoms in total. The lowest BCUT2D eigenvalue weighted by Crippen LogP contribution is -2.47. The van der Waals surface area contributed by atoms with Gasteiger partial charge in [0.05, 0.1) is 12.1 Å². The van der Waals surface area contributed by atoms with Gasteiger partial charge in [-0.05, 0) is 80.6 Å². The van der Waals surface area contributed by atoms with Crippen LogP contribution < -0.4 is 0 Å². The number of fused-ring (bicyclic) bond motifs is 6. The summed E-state index contributed by atoms with van der Waals surface area (Å²) in [5, 5.41) is 23.0. The van der Waals surface area contributed by atoms with Crippen molar-refractivity contribution in [1.82, 2.24) is 0 Å². The molecular formula is C42H32N2O4. The minimum atomic E-state index is -1.48. The number of carbonyl (C=O) groups excluding carboxylic acids is 2. The number of hydrogen-bond acceptors (Lipinski definition) is 6. The summed E-state index contributed by atoms with van der Waals surface area (Å²) in [5.74, 6) is 4.36. The van der Waals surface area contributed by atoms with Crippen molar-refractivity contribution in [1.29, 1.82) is 10.5 Å². The molecule has 0 bridgehead atoms. The first kappa shape index (κ1) is 31.9. The second kappa shape index (κ2) is 13.3. The van der Waals surface area contributed by atoms with Gasteiger partial charge in [0.1, 0.15) is 24.0 Å². The molecule has 4 aromatic carbocycles. The van der Waals surface area contributed by atoms with Gasteiger partial charge < -0.3 is 9.47 Å². The summed E-state index contributed by atoms with van der Waals surface area (Å²) in [5.41, 5.74) is 4.65. The zero-order valence-corrected chi connectivity index (χ0v) is 26.4. The van der Waals surface area contributed by atoms with Crippen LogP contribution in [0.2, 0.25) is 0 Å². The number of esters is 2. The van der Waals surface area contributed by atoms with E-state index >= 15 is 0 Å². The van der Waals surface area contributed by atoms with Crippen LogP contribution in [0.25, 0.3) is 22.3 Å². The summed E-state index contributed by atoms with van der Waals surface area (Å²) in [6, 6.07) is 32.2. The van der Waals surface area contributed by atoms with Crippen LogP contribution in [0.4, 0.5) is 0 Å². The fraction of sp³-hybridized carbons (Fsp3) is 0.238. The van der Waals surface area contributed by atoms with Gasteiger partial charge in [0.25, 0.3) is 0 Å². The zero-order chi connectivity index (χ0) is 33.7. The smallest absolute Gasteiger partial charge is 0.306 e. The number of nitrogens with zero attached hydrogens (tertiary/aromatic N) is 2. The molecule has 2 aliphatic rings. The molecular weight excluding hydrogens is 596 g/mol. The maximum atomic E-state index is 12.4. The number of terminal acetylenes is 2. The Balaban J connectivity index is 1.49. The Morgan fingerprint density at radius 2 is 0.979 bits per heavy atom. The predicted molar refractivity (Wildman–Crippen MR) is 182 cm³/mol. The first-order valence-electron chi connectivity index (χ1n) is 15.9. The van der Waals surface area contributed by atoms with Crippen molar-refractivity contribution in [2.45, 2.75) is 62.6 Å². The lowest BCUT2D eigenvalue weighted by Gasteiger charge is -2.40. The summed E-state index contributed by atoms with van der Waals surface area (Å²) in [6.45, 7) is 0.0349. The Morgan fingerprint density at radius 1 is 0.583 bits per heavy atom. The van der Waals surface area contributed by atoms with Gasteiger partial charge in [-0.2, -0.15) is 10.5 Å². The molecule has 2 unspecified atom stereocenters. The molecule has 48 heavy (non-hydrogen) atoms. The monoisotopic (exact) mass is 628 g/mol. The van der Waals surface area contributed by atoms with E-state index in [2.05, 4.69) is 24.0 Å². The Hall–Kier alpha value is -6.08. The van der Waals surface area contributed by atoms with Gasteiger partial charge in [-0.25, -0.2) is 0 Å². The van der Waals surface area contributed by atoms with Crippen LogP contribution in [0.3, 0.4) is 0 Å². The van der Waals surface area contributed by atoms with E-state index in [1.165, 1.54) is 0 Å². The summed E-state index contributed by atoms with van der Waals surface area (Å²) in [7, 11) is 0. The van der Waals surface area contributed by atoms with Crippen molar-refractivity contribution in [3.8, 4) is 59.1 Å². The van der Waals surface area contributed by atoms with Crippen LogP contribution >= 0.6 is 0 Å². The van der Waals surface area contributed by atoms with Gasteiger partial charge in [-0.3, -0.25) is 9.59 Å². The highest BCUT2D eigenvalue weighted by Gasteiger charge is 2.64. The average molecular weight is 629 g/mol. The standard InChI is InChI=1S/C42H32N2O4/c1-3-5-7-17-39(45)47-25-29-19-21-33-31-13-9-11-15-35(31)41(27-43,37(33)23-29)42(28-44)36-16-12-10-14-32(36)34-22-20-30(24-38(34)42)26-48-40(46)18-8-6-4-2/h1-2,9-16,19-24H,5-8,17-18,25-26H2. The summed E-state index contributed by atoms with van der Waals surface area (Å²) < 4.78 is 11.2. The Bertz CT molecular complexity index is 1950. The molecule has 4 aromatic rings. The third-order valence-corrected chi connectivity index (χ3v) is 9.32. The minimum absolute atomic E-state index is 0.0175. The highest BCUT2D eigenvalue weighted by atomic mass is 16.5. The molecule has 0 N–H and O–H groups in total. The minimum Gasteiger partial charge on any atom is -0.461 e. The highest BCUT2D eigenvalue weighted by molar-refractivity contribution is 5.92. The van der Waals surface area contributed by atoms with Crippen molar-refractivity contribution in [2.24, 2.45) is 0 Å². The number of ether oxygens (including phenoxy) is 2. The lowest BCUT2D eigenvalue weighted by molar-refractivity contribution is -0.145. The molecule has 234 valence electrons. The normalized spacial score (nSPS) is 17.7. The van der Waals surface area contributed by atoms with Crippen LogP contribution in [0.5, 0.6) is 0 Å². The van der Waals surface area contributed by atoms with Crippen molar-refractivity contribution in [3.63, 3.8) is 0 Å². The Morgan fingerprint density at radius 3 is 1.38 bits per heavy atom. The number of nitriles is 2. The number of rotatable bonds is 11. The van der Waals surface area contributed by atoms with Crippen LogP contribution in [0.1, 0.15) is 71.9 Å². The zero-order valence-electron chi connectivity index (χ0n) is 26.4. The van der Waals surface area contributed by atoms with E-state index in [4.69, 9.17) is 22.3 Å². The van der Waals surface area contributed by atoms with Crippen molar-refractivity contribution < 1.29 is 19.1 Å². The fourth-order valence-corrected chi connectivity index (χ4v) is 7.19. The molecule has 0 spiro atoms. The number of carbonyl (C=O) groups is 2. The number of hydrogen-bond donors (Lipinski definition) is 0. The van der Waals surface area contributed by atoms with Gasteiger partial charge in [0, 0.05) is 25.7 Å². The first-order chi connectivity index (χ1) is 23.4. The third-order valence-electron chi connectivity index (χ3n) is 9.32. The Kier molecular flexibility index (Phi) is 8.86. The van der Waals surface area contributed by atoms with E-state index < -0.39 is 10.8 Å².